The van der Waals surface area contributed by atoms with Crippen molar-refractivity contribution in [3.8, 4) is 5.75 Å². The van der Waals surface area contributed by atoms with Gasteiger partial charge < -0.3 is 4.74 Å². The van der Waals surface area contributed by atoms with Crippen molar-refractivity contribution in [2.75, 3.05) is 0 Å². The Morgan fingerprint density at radius 1 is 0.871 bits per heavy atom. The standard InChI is InChI=1S/C26H21FN2O2/c27-24-13-10-19(11-14-24)16-26(30)29-28-17-23-7-3-4-8-25(23)31-18-20-9-12-21-5-1-2-6-22(21)15-20/h1-15,17H,16,18H2,(H,29,30)/b28-17+. The van der Waals surface area contributed by atoms with E-state index in [9.17, 15) is 9.18 Å². The minimum absolute atomic E-state index is 0.123. The Bertz CT molecular complexity index is 1220. The van der Waals surface area contributed by atoms with Crippen LogP contribution in [0.5, 0.6) is 5.75 Å². The van der Waals surface area contributed by atoms with Gasteiger partial charge in [-0.15, -0.1) is 0 Å². The van der Waals surface area contributed by atoms with Gasteiger partial charge in [0.25, 0.3) is 0 Å². The molecule has 0 saturated heterocycles. The molecule has 4 nitrogen and oxygen atoms in total. The molecule has 0 fully saturated rings. The van der Waals surface area contributed by atoms with E-state index in [0.29, 0.717) is 17.9 Å². The number of rotatable bonds is 7. The molecular formula is C26H21FN2O2. The highest BCUT2D eigenvalue weighted by Crippen LogP contribution is 2.20. The molecule has 4 rings (SSSR count). The molecule has 0 aliphatic rings. The summed E-state index contributed by atoms with van der Waals surface area (Å²) in [7, 11) is 0. The van der Waals surface area contributed by atoms with Crippen LogP contribution in [0.3, 0.4) is 0 Å². The van der Waals surface area contributed by atoms with Gasteiger partial charge in [-0.2, -0.15) is 5.10 Å². The number of hydrogen-bond acceptors (Lipinski definition) is 3. The Morgan fingerprint density at radius 3 is 2.42 bits per heavy atom. The summed E-state index contributed by atoms with van der Waals surface area (Å²) in [6.07, 6.45) is 1.68. The van der Waals surface area contributed by atoms with Gasteiger partial charge in [-0.05, 0) is 52.2 Å². The van der Waals surface area contributed by atoms with Gasteiger partial charge in [0.05, 0.1) is 12.6 Å². The van der Waals surface area contributed by atoms with Gasteiger partial charge >= 0.3 is 0 Å². The highest BCUT2D eigenvalue weighted by molar-refractivity contribution is 5.86. The monoisotopic (exact) mass is 412 g/mol. The Balaban J connectivity index is 1.37. The first-order valence-electron chi connectivity index (χ1n) is 9.93. The number of amides is 1. The van der Waals surface area contributed by atoms with Crippen molar-refractivity contribution in [2.24, 2.45) is 5.10 Å². The first kappa shape index (κ1) is 20.3. The van der Waals surface area contributed by atoms with Crippen molar-refractivity contribution in [1.29, 1.82) is 0 Å². The molecule has 0 aliphatic heterocycles. The Labute approximate surface area is 180 Å². The van der Waals surface area contributed by atoms with Gasteiger partial charge in [0.2, 0.25) is 5.91 Å². The first-order valence-corrected chi connectivity index (χ1v) is 9.93. The van der Waals surface area contributed by atoms with E-state index in [4.69, 9.17) is 4.74 Å². The van der Waals surface area contributed by atoms with Gasteiger partial charge in [0.1, 0.15) is 18.2 Å². The Hall–Kier alpha value is -3.99. The zero-order valence-electron chi connectivity index (χ0n) is 16.8. The van der Waals surface area contributed by atoms with Crippen molar-refractivity contribution >= 4 is 22.9 Å². The fraction of sp³-hybridized carbons (Fsp3) is 0.0769. The molecule has 0 bridgehead atoms. The number of benzene rings is 4. The van der Waals surface area contributed by atoms with Gasteiger partial charge in [-0.1, -0.05) is 60.7 Å². The van der Waals surface area contributed by atoms with Gasteiger partial charge in [0.15, 0.2) is 0 Å². The number of hydrogen-bond donors (Lipinski definition) is 1. The van der Waals surface area contributed by atoms with E-state index >= 15 is 0 Å². The number of hydrazone groups is 1. The van der Waals surface area contributed by atoms with E-state index in [1.807, 2.05) is 36.4 Å². The van der Waals surface area contributed by atoms with Crippen molar-refractivity contribution in [3.05, 3.63) is 114 Å². The zero-order valence-corrected chi connectivity index (χ0v) is 16.8. The zero-order chi connectivity index (χ0) is 21.5. The average Bonchev–Trinajstić information content (AvgIpc) is 2.80. The minimum atomic E-state index is -0.331. The smallest absolute Gasteiger partial charge is 0.244 e. The molecule has 5 heteroatoms. The topological polar surface area (TPSA) is 50.7 Å². The first-order chi connectivity index (χ1) is 15.2. The minimum Gasteiger partial charge on any atom is -0.488 e. The van der Waals surface area contributed by atoms with Gasteiger partial charge in [-0.25, -0.2) is 9.82 Å². The van der Waals surface area contributed by atoms with Crippen molar-refractivity contribution in [1.82, 2.24) is 5.43 Å². The lowest BCUT2D eigenvalue weighted by atomic mass is 10.1. The molecule has 154 valence electrons. The van der Waals surface area contributed by atoms with Crippen LogP contribution in [-0.2, 0) is 17.8 Å². The second-order valence-corrected chi connectivity index (χ2v) is 7.10. The number of ether oxygens (including phenoxy) is 1. The summed E-state index contributed by atoms with van der Waals surface area (Å²) in [6, 6.07) is 27.8. The maximum Gasteiger partial charge on any atom is 0.244 e. The lowest BCUT2D eigenvalue weighted by Crippen LogP contribution is -2.19. The summed E-state index contributed by atoms with van der Waals surface area (Å²) in [6.45, 7) is 0.423. The lowest BCUT2D eigenvalue weighted by Gasteiger charge is -2.10. The summed E-state index contributed by atoms with van der Waals surface area (Å²) >= 11 is 0. The van der Waals surface area contributed by atoms with Crippen LogP contribution in [0.25, 0.3) is 10.8 Å². The Kier molecular flexibility index (Phi) is 6.33. The largest absolute Gasteiger partial charge is 0.488 e. The lowest BCUT2D eigenvalue weighted by molar-refractivity contribution is -0.120. The highest BCUT2D eigenvalue weighted by atomic mass is 19.1. The second-order valence-electron chi connectivity index (χ2n) is 7.10. The average molecular weight is 412 g/mol. The number of nitrogens with one attached hydrogen (secondary N) is 1. The summed E-state index contributed by atoms with van der Waals surface area (Å²) < 4.78 is 19.0. The fourth-order valence-corrected chi connectivity index (χ4v) is 3.21. The molecule has 0 radical (unpaired) electrons. The molecule has 1 amide bonds. The van der Waals surface area contributed by atoms with Crippen LogP contribution in [0.1, 0.15) is 16.7 Å². The van der Waals surface area contributed by atoms with Crippen LogP contribution >= 0.6 is 0 Å². The summed E-state index contributed by atoms with van der Waals surface area (Å²) in [5.74, 6) is 0.0621. The number of carbonyl (C=O) groups excluding carboxylic acids is 1. The number of fused-ring (bicyclic) bond motifs is 1. The van der Waals surface area contributed by atoms with E-state index in [1.54, 1.807) is 18.3 Å². The molecule has 0 aliphatic carbocycles. The van der Waals surface area contributed by atoms with E-state index in [0.717, 1.165) is 11.1 Å². The maximum atomic E-state index is 13.0. The van der Waals surface area contributed by atoms with Crippen LogP contribution in [-0.4, -0.2) is 12.1 Å². The molecule has 0 spiro atoms. The predicted octanol–water partition coefficient (Wildman–Crippen LogP) is 5.25. The van der Waals surface area contributed by atoms with E-state index < -0.39 is 0 Å². The SMILES string of the molecule is O=C(Cc1ccc(F)cc1)N/N=C/c1ccccc1OCc1ccc2ccccc2c1. The molecule has 31 heavy (non-hydrogen) atoms. The van der Waals surface area contributed by atoms with Crippen LogP contribution in [0, 0.1) is 5.82 Å². The molecule has 0 heterocycles. The van der Waals surface area contributed by atoms with Crippen molar-refractivity contribution in [2.45, 2.75) is 13.0 Å². The molecule has 0 saturated carbocycles. The summed E-state index contributed by atoms with van der Waals surface area (Å²) in [5.41, 5.74) is 5.04. The fourth-order valence-electron chi connectivity index (χ4n) is 3.21. The summed E-state index contributed by atoms with van der Waals surface area (Å²) in [5, 5.41) is 6.39. The van der Waals surface area contributed by atoms with Gasteiger partial charge in [-0.3, -0.25) is 4.79 Å². The van der Waals surface area contributed by atoms with Crippen LogP contribution in [0.2, 0.25) is 0 Å². The molecule has 0 aromatic heterocycles. The van der Waals surface area contributed by atoms with E-state index in [1.165, 1.54) is 22.9 Å². The second kappa shape index (κ2) is 9.67. The van der Waals surface area contributed by atoms with Crippen LogP contribution in [0.15, 0.2) is 96.1 Å². The number of nitrogens with zero attached hydrogens (tertiary/aromatic N) is 1. The van der Waals surface area contributed by atoms with Crippen LogP contribution < -0.4 is 10.2 Å². The third kappa shape index (κ3) is 5.54. The molecular weight excluding hydrogens is 391 g/mol. The van der Waals surface area contributed by atoms with Crippen LogP contribution in [0.4, 0.5) is 4.39 Å². The van der Waals surface area contributed by atoms with Crippen molar-refractivity contribution in [3.63, 3.8) is 0 Å². The summed E-state index contributed by atoms with van der Waals surface area (Å²) in [4.78, 5) is 12.0. The van der Waals surface area contributed by atoms with Crippen molar-refractivity contribution < 1.29 is 13.9 Å². The third-order valence-electron chi connectivity index (χ3n) is 4.80. The molecule has 1 N–H and O–H groups in total. The normalized spacial score (nSPS) is 11.0. The predicted molar refractivity (Wildman–Crippen MR) is 121 cm³/mol. The van der Waals surface area contributed by atoms with E-state index in [-0.39, 0.29) is 18.1 Å². The number of para-hydroxylation sites is 1. The number of carbonyl (C=O) groups is 1. The molecule has 0 unspecified atom stereocenters. The third-order valence-corrected chi connectivity index (χ3v) is 4.80. The maximum absolute atomic E-state index is 13.0. The highest BCUT2D eigenvalue weighted by Gasteiger charge is 2.04. The Morgan fingerprint density at radius 2 is 1.58 bits per heavy atom. The van der Waals surface area contributed by atoms with E-state index in [2.05, 4.69) is 40.9 Å². The van der Waals surface area contributed by atoms with Gasteiger partial charge in [0, 0.05) is 5.56 Å². The molecule has 4 aromatic rings. The quantitative estimate of drug-likeness (QED) is 0.333. The molecule has 4 aromatic carbocycles. The molecule has 0 atom stereocenters. The number of halogens is 1.